The van der Waals surface area contributed by atoms with Gasteiger partial charge in [0, 0.05) is 6.04 Å². The maximum atomic E-state index is 12.5. The Labute approximate surface area is 137 Å². The molecule has 0 atom stereocenters. The number of halogens is 2. The number of primary amides is 1. The van der Waals surface area contributed by atoms with E-state index in [4.69, 9.17) is 10.3 Å². The predicted octanol–water partition coefficient (Wildman–Crippen LogP) is 2.03. The number of aromatic nitrogens is 2. The van der Waals surface area contributed by atoms with Crippen molar-refractivity contribution >= 4 is 5.91 Å². The van der Waals surface area contributed by atoms with E-state index < -0.39 is 12.5 Å². The van der Waals surface area contributed by atoms with Crippen molar-refractivity contribution in [1.29, 1.82) is 0 Å². The molecule has 2 N–H and O–H groups in total. The highest BCUT2D eigenvalue weighted by molar-refractivity contribution is 5.75. The number of carbonyl (C=O) groups is 1. The van der Waals surface area contributed by atoms with Gasteiger partial charge in [0.15, 0.2) is 0 Å². The summed E-state index contributed by atoms with van der Waals surface area (Å²) in [5, 5.41) is 3.79. The van der Waals surface area contributed by atoms with Gasteiger partial charge in [0.25, 0.3) is 0 Å². The van der Waals surface area contributed by atoms with E-state index in [9.17, 15) is 13.6 Å². The van der Waals surface area contributed by atoms with Crippen molar-refractivity contribution in [2.24, 2.45) is 5.73 Å². The number of nitrogens with two attached hydrogens (primary N) is 1. The minimum Gasteiger partial charge on any atom is -0.434 e. The normalized spacial score (nSPS) is 11.5. The molecule has 130 valence electrons. The number of carbonyl (C=O) groups excluding carboxylic acids is 1. The van der Waals surface area contributed by atoms with Gasteiger partial charge in [-0.25, -0.2) is 0 Å². The Morgan fingerprint density at radius 2 is 2.08 bits per heavy atom. The molecule has 2 aromatic rings. The van der Waals surface area contributed by atoms with Crippen LogP contribution in [-0.2, 0) is 11.3 Å². The van der Waals surface area contributed by atoms with E-state index in [-0.39, 0.29) is 36.6 Å². The first kappa shape index (κ1) is 17.8. The number of nitrogens with zero attached hydrogens (tertiary/aromatic N) is 3. The maximum Gasteiger partial charge on any atom is 0.387 e. The molecule has 1 aromatic heterocycles. The Kier molecular flexibility index (Phi) is 5.80. The summed E-state index contributed by atoms with van der Waals surface area (Å²) in [7, 11) is 0. The monoisotopic (exact) mass is 340 g/mol. The Morgan fingerprint density at radius 3 is 2.71 bits per heavy atom. The Hall–Kier alpha value is -2.55. The fourth-order valence-electron chi connectivity index (χ4n) is 2.07. The van der Waals surface area contributed by atoms with Crippen molar-refractivity contribution in [2.75, 3.05) is 6.54 Å². The van der Waals surface area contributed by atoms with Crippen molar-refractivity contribution in [2.45, 2.75) is 33.0 Å². The molecule has 0 saturated carbocycles. The third-order valence-corrected chi connectivity index (χ3v) is 3.24. The van der Waals surface area contributed by atoms with Gasteiger partial charge < -0.3 is 15.0 Å². The van der Waals surface area contributed by atoms with Crippen LogP contribution in [-0.4, -0.2) is 40.1 Å². The zero-order valence-corrected chi connectivity index (χ0v) is 13.3. The molecule has 7 nitrogen and oxygen atoms in total. The molecular formula is C15H18F2N4O3. The molecule has 0 spiro atoms. The molecule has 2 rings (SSSR count). The van der Waals surface area contributed by atoms with E-state index in [0.29, 0.717) is 5.56 Å². The minimum absolute atomic E-state index is 0.0299. The van der Waals surface area contributed by atoms with Crippen LogP contribution < -0.4 is 10.5 Å². The number of benzene rings is 1. The summed E-state index contributed by atoms with van der Waals surface area (Å²) >= 11 is 0. The number of rotatable bonds is 8. The molecule has 1 heterocycles. The van der Waals surface area contributed by atoms with Gasteiger partial charge in [-0.15, -0.1) is 0 Å². The fourth-order valence-corrected chi connectivity index (χ4v) is 2.07. The van der Waals surface area contributed by atoms with E-state index in [1.807, 2.05) is 13.8 Å². The second-order valence-corrected chi connectivity index (χ2v) is 5.35. The number of para-hydroxylation sites is 1. The summed E-state index contributed by atoms with van der Waals surface area (Å²) in [6.07, 6.45) is 0. The van der Waals surface area contributed by atoms with Gasteiger partial charge in [0.1, 0.15) is 5.75 Å². The second kappa shape index (κ2) is 7.82. The third kappa shape index (κ3) is 4.72. The van der Waals surface area contributed by atoms with Gasteiger partial charge in [-0.1, -0.05) is 17.3 Å². The molecule has 1 amide bonds. The van der Waals surface area contributed by atoms with Crippen molar-refractivity contribution in [3.05, 3.63) is 30.2 Å². The average molecular weight is 340 g/mol. The van der Waals surface area contributed by atoms with Gasteiger partial charge in [0.05, 0.1) is 18.7 Å². The summed E-state index contributed by atoms with van der Waals surface area (Å²) in [4.78, 5) is 17.0. The lowest BCUT2D eigenvalue weighted by molar-refractivity contribution is -0.119. The average Bonchev–Trinajstić information content (AvgIpc) is 2.94. The number of ether oxygens (including phenoxy) is 1. The van der Waals surface area contributed by atoms with Crippen molar-refractivity contribution in [3.63, 3.8) is 0 Å². The number of hydrogen-bond donors (Lipinski definition) is 1. The predicted molar refractivity (Wildman–Crippen MR) is 81.1 cm³/mol. The van der Waals surface area contributed by atoms with Crippen molar-refractivity contribution in [3.8, 4) is 17.1 Å². The Morgan fingerprint density at radius 1 is 1.38 bits per heavy atom. The third-order valence-electron chi connectivity index (χ3n) is 3.24. The summed E-state index contributed by atoms with van der Waals surface area (Å²) in [6.45, 7) is 1.09. The van der Waals surface area contributed by atoms with Crippen LogP contribution >= 0.6 is 0 Å². The number of alkyl halides is 2. The maximum absolute atomic E-state index is 12.5. The minimum atomic E-state index is -2.95. The zero-order chi connectivity index (χ0) is 17.7. The van der Waals surface area contributed by atoms with Crippen LogP contribution in [0.15, 0.2) is 28.8 Å². The van der Waals surface area contributed by atoms with Gasteiger partial charge in [-0.2, -0.15) is 13.8 Å². The van der Waals surface area contributed by atoms with E-state index in [2.05, 4.69) is 14.9 Å². The summed E-state index contributed by atoms with van der Waals surface area (Å²) in [5.74, 6) is -0.146. The quantitative estimate of drug-likeness (QED) is 0.790. The smallest absolute Gasteiger partial charge is 0.387 e. The molecule has 0 unspecified atom stereocenters. The largest absolute Gasteiger partial charge is 0.434 e. The van der Waals surface area contributed by atoms with Gasteiger partial charge >= 0.3 is 6.61 Å². The van der Waals surface area contributed by atoms with Crippen LogP contribution in [0.2, 0.25) is 0 Å². The van der Waals surface area contributed by atoms with Crippen LogP contribution in [0.4, 0.5) is 8.78 Å². The van der Waals surface area contributed by atoms with Crippen molar-refractivity contribution in [1.82, 2.24) is 15.0 Å². The fraction of sp³-hybridized carbons (Fsp3) is 0.400. The summed E-state index contributed by atoms with van der Waals surface area (Å²) in [5.41, 5.74) is 5.50. The van der Waals surface area contributed by atoms with Gasteiger partial charge in [0.2, 0.25) is 17.6 Å². The van der Waals surface area contributed by atoms with E-state index >= 15 is 0 Å². The zero-order valence-electron chi connectivity index (χ0n) is 13.3. The highest BCUT2D eigenvalue weighted by atomic mass is 19.3. The van der Waals surface area contributed by atoms with E-state index in [1.165, 1.54) is 6.07 Å². The molecule has 0 radical (unpaired) electrons. The van der Waals surface area contributed by atoms with Crippen LogP contribution in [0.25, 0.3) is 11.4 Å². The van der Waals surface area contributed by atoms with Crippen molar-refractivity contribution < 1.29 is 22.8 Å². The Bertz CT molecular complexity index is 691. The Balaban J connectivity index is 2.20. The molecule has 0 saturated heterocycles. The van der Waals surface area contributed by atoms with Crippen LogP contribution in [0.1, 0.15) is 19.7 Å². The first-order valence-corrected chi connectivity index (χ1v) is 7.26. The highest BCUT2D eigenvalue weighted by Crippen LogP contribution is 2.29. The summed E-state index contributed by atoms with van der Waals surface area (Å²) < 4.78 is 34.5. The van der Waals surface area contributed by atoms with Crippen LogP contribution in [0, 0.1) is 0 Å². The molecular weight excluding hydrogens is 322 g/mol. The second-order valence-electron chi connectivity index (χ2n) is 5.35. The summed E-state index contributed by atoms with van der Waals surface area (Å²) in [6, 6.07) is 6.19. The molecule has 24 heavy (non-hydrogen) atoms. The molecule has 1 aromatic carbocycles. The first-order valence-electron chi connectivity index (χ1n) is 7.26. The van der Waals surface area contributed by atoms with Crippen LogP contribution in [0.3, 0.4) is 0 Å². The highest BCUT2D eigenvalue weighted by Gasteiger charge is 2.19. The number of hydrogen-bond acceptors (Lipinski definition) is 6. The molecule has 9 heteroatoms. The standard InChI is InChI=1S/C15H18F2N4O3/c1-9(2)21(7-12(18)22)8-13-19-14(20-24-13)10-5-3-4-6-11(10)23-15(16)17/h3-6,9,15H,7-8H2,1-2H3,(H2,18,22). The molecule has 0 aliphatic carbocycles. The lowest BCUT2D eigenvalue weighted by atomic mass is 10.2. The van der Waals surface area contributed by atoms with E-state index in [1.54, 1.807) is 23.1 Å². The molecule has 0 bridgehead atoms. The van der Waals surface area contributed by atoms with Gasteiger partial charge in [-0.05, 0) is 26.0 Å². The van der Waals surface area contributed by atoms with Gasteiger partial charge in [-0.3, -0.25) is 9.69 Å². The first-order chi connectivity index (χ1) is 11.4. The SMILES string of the molecule is CC(C)N(CC(N)=O)Cc1nc(-c2ccccc2OC(F)F)no1. The molecule has 0 aliphatic heterocycles. The molecule has 0 fully saturated rings. The lowest BCUT2D eigenvalue weighted by Crippen LogP contribution is -2.38. The molecule has 0 aliphatic rings. The lowest BCUT2D eigenvalue weighted by Gasteiger charge is -2.22. The number of amides is 1. The topological polar surface area (TPSA) is 94.5 Å². The van der Waals surface area contributed by atoms with Crippen LogP contribution in [0.5, 0.6) is 5.75 Å². The van der Waals surface area contributed by atoms with E-state index in [0.717, 1.165) is 0 Å².